The van der Waals surface area contributed by atoms with Crippen molar-refractivity contribution in [2.45, 2.75) is 45.3 Å². The number of esters is 1. The first-order chi connectivity index (χ1) is 10.6. The summed E-state index contributed by atoms with van der Waals surface area (Å²) >= 11 is 12.3. The van der Waals surface area contributed by atoms with Gasteiger partial charge in [0, 0.05) is 15.7 Å². The fourth-order valence-corrected chi connectivity index (χ4v) is 3.23. The van der Waals surface area contributed by atoms with Crippen LogP contribution >= 0.6 is 23.2 Å². The van der Waals surface area contributed by atoms with Gasteiger partial charge in [-0.1, -0.05) is 23.2 Å². The summed E-state index contributed by atoms with van der Waals surface area (Å²) in [4.78, 5) is 25.2. The maximum atomic E-state index is 12.5. The van der Waals surface area contributed by atoms with Gasteiger partial charge in [0.25, 0.3) is 0 Å². The van der Waals surface area contributed by atoms with Gasteiger partial charge in [0.05, 0.1) is 0 Å². The van der Waals surface area contributed by atoms with Crippen LogP contribution in [-0.2, 0) is 20.7 Å². The molecule has 0 spiro atoms. The molecular formula is C16H19Cl2NO4. The van der Waals surface area contributed by atoms with Gasteiger partial charge in [0.2, 0.25) is 0 Å². The smallest absolute Gasteiger partial charge is 0.329 e. The lowest BCUT2D eigenvalue weighted by molar-refractivity contribution is -0.156. The highest BCUT2D eigenvalue weighted by Gasteiger charge is 2.36. The van der Waals surface area contributed by atoms with Gasteiger partial charge in [-0.25, -0.2) is 4.79 Å². The number of fused-ring (bicyclic) bond motifs is 1. The Hall–Kier alpha value is -1.46. The molecule has 2 rings (SSSR count). The summed E-state index contributed by atoms with van der Waals surface area (Å²) in [6.07, 6.45) is 1.00. The lowest BCUT2D eigenvalue weighted by Gasteiger charge is -2.38. The fraction of sp³-hybridized carbons (Fsp3) is 0.500. The largest absolute Gasteiger partial charge is 0.480 e. The number of carbonyl (C=O) groups excluding carboxylic acids is 1. The van der Waals surface area contributed by atoms with E-state index in [-0.39, 0.29) is 6.54 Å². The molecule has 0 aromatic heterocycles. The van der Waals surface area contributed by atoms with E-state index in [0.717, 1.165) is 5.56 Å². The zero-order valence-electron chi connectivity index (χ0n) is 13.2. The number of carboxylic acids is 1. The van der Waals surface area contributed by atoms with Crippen LogP contribution in [0.3, 0.4) is 0 Å². The van der Waals surface area contributed by atoms with Crippen LogP contribution in [0.1, 0.15) is 32.8 Å². The Kier molecular flexibility index (Phi) is 5.11. The van der Waals surface area contributed by atoms with Crippen LogP contribution in [0, 0.1) is 0 Å². The highest BCUT2D eigenvalue weighted by Crippen LogP contribution is 2.38. The molecule has 0 radical (unpaired) electrons. The Balaban J connectivity index is 2.41. The third kappa shape index (κ3) is 4.30. The number of nitrogens with zero attached hydrogens (tertiary/aromatic N) is 1. The van der Waals surface area contributed by atoms with Gasteiger partial charge < -0.3 is 14.7 Å². The van der Waals surface area contributed by atoms with Crippen LogP contribution in [0.15, 0.2) is 12.1 Å². The van der Waals surface area contributed by atoms with E-state index in [0.29, 0.717) is 28.6 Å². The van der Waals surface area contributed by atoms with Crippen LogP contribution in [0.5, 0.6) is 0 Å². The van der Waals surface area contributed by atoms with Crippen molar-refractivity contribution < 1.29 is 19.4 Å². The highest BCUT2D eigenvalue weighted by atomic mass is 35.5. The van der Waals surface area contributed by atoms with E-state index in [1.165, 1.54) is 4.90 Å². The number of benzene rings is 1. The van der Waals surface area contributed by atoms with Crippen LogP contribution in [-0.4, -0.2) is 35.2 Å². The van der Waals surface area contributed by atoms with E-state index in [1.54, 1.807) is 32.9 Å². The molecule has 1 unspecified atom stereocenters. The summed E-state index contributed by atoms with van der Waals surface area (Å²) in [6, 6.07) is 2.59. The Morgan fingerprint density at radius 2 is 2.00 bits per heavy atom. The number of anilines is 1. The third-order valence-electron chi connectivity index (χ3n) is 3.47. The summed E-state index contributed by atoms with van der Waals surface area (Å²) < 4.78 is 5.43. The maximum absolute atomic E-state index is 12.5. The van der Waals surface area contributed by atoms with Gasteiger partial charge in [-0.05, 0) is 51.3 Å². The van der Waals surface area contributed by atoms with E-state index in [9.17, 15) is 14.7 Å². The second-order valence-corrected chi connectivity index (χ2v) is 7.34. The fourth-order valence-electron chi connectivity index (χ4n) is 2.65. The first-order valence-electron chi connectivity index (χ1n) is 7.27. The Morgan fingerprint density at radius 1 is 1.35 bits per heavy atom. The van der Waals surface area contributed by atoms with Crippen LogP contribution in [0.2, 0.25) is 10.0 Å². The van der Waals surface area contributed by atoms with E-state index >= 15 is 0 Å². The molecule has 126 valence electrons. The summed E-state index contributed by atoms with van der Waals surface area (Å²) in [5.74, 6) is -1.48. The van der Waals surface area contributed by atoms with Gasteiger partial charge in [0.15, 0.2) is 0 Å². The average Bonchev–Trinajstić information content (AvgIpc) is 2.36. The second-order valence-electron chi connectivity index (χ2n) is 6.49. The van der Waals surface area contributed by atoms with E-state index in [2.05, 4.69) is 0 Å². The predicted molar refractivity (Wildman–Crippen MR) is 89.4 cm³/mol. The summed E-state index contributed by atoms with van der Waals surface area (Å²) in [5, 5.41) is 10.1. The molecule has 7 heteroatoms. The molecule has 1 aromatic carbocycles. The molecular weight excluding hydrogens is 341 g/mol. The molecule has 1 atom stereocenters. The topological polar surface area (TPSA) is 66.8 Å². The first-order valence-corrected chi connectivity index (χ1v) is 8.03. The van der Waals surface area contributed by atoms with Gasteiger partial charge in [-0.3, -0.25) is 4.79 Å². The standard InChI is InChI=1S/C16H19Cl2NO4/c1-16(2,3)23-15(22)12-5-4-10-11(18)6-9(17)7-13(10)19(12)8-14(20)21/h6-7,12H,4-5,8H2,1-3H3,(H,20,21). The minimum atomic E-state index is -1.04. The van der Waals surface area contributed by atoms with E-state index < -0.39 is 23.6 Å². The lowest BCUT2D eigenvalue weighted by atomic mass is 9.95. The number of aliphatic carboxylic acids is 1. The van der Waals surface area contributed by atoms with Gasteiger partial charge in [-0.2, -0.15) is 0 Å². The molecule has 0 saturated heterocycles. The quantitative estimate of drug-likeness (QED) is 0.836. The highest BCUT2D eigenvalue weighted by molar-refractivity contribution is 6.35. The number of rotatable bonds is 3. The number of hydrogen-bond acceptors (Lipinski definition) is 4. The van der Waals surface area contributed by atoms with Gasteiger partial charge in [-0.15, -0.1) is 0 Å². The monoisotopic (exact) mass is 359 g/mol. The third-order valence-corrected chi connectivity index (χ3v) is 4.03. The zero-order valence-corrected chi connectivity index (χ0v) is 14.7. The van der Waals surface area contributed by atoms with Crippen LogP contribution < -0.4 is 4.90 Å². The summed E-state index contributed by atoms with van der Waals surface area (Å²) in [7, 11) is 0. The molecule has 1 N–H and O–H groups in total. The van der Waals surface area contributed by atoms with Crippen LogP contribution in [0.25, 0.3) is 0 Å². The normalized spacial score (nSPS) is 17.6. The van der Waals surface area contributed by atoms with Gasteiger partial charge in [0.1, 0.15) is 18.2 Å². The van der Waals surface area contributed by atoms with Crippen LogP contribution in [0.4, 0.5) is 5.69 Å². The van der Waals surface area contributed by atoms with Gasteiger partial charge >= 0.3 is 11.9 Å². The molecule has 0 aliphatic carbocycles. The van der Waals surface area contributed by atoms with Crippen molar-refractivity contribution in [3.05, 3.63) is 27.7 Å². The number of ether oxygens (including phenoxy) is 1. The number of carboxylic acid groups (broad SMARTS) is 1. The molecule has 0 bridgehead atoms. The van der Waals surface area contributed by atoms with Crippen molar-refractivity contribution in [3.8, 4) is 0 Å². The summed E-state index contributed by atoms with van der Waals surface area (Å²) in [5.41, 5.74) is 0.738. The average molecular weight is 360 g/mol. The number of hydrogen-bond donors (Lipinski definition) is 1. The second kappa shape index (κ2) is 6.57. The maximum Gasteiger partial charge on any atom is 0.329 e. The van der Waals surface area contributed by atoms with Crippen molar-refractivity contribution in [3.63, 3.8) is 0 Å². The SMILES string of the molecule is CC(C)(C)OC(=O)C1CCc2c(Cl)cc(Cl)cc2N1CC(=O)O. The molecule has 0 amide bonds. The minimum absolute atomic E-state index is 0.326. The van der Waals surface area contributed by atoms with Crippen molar-refractivity contribution in [1.82, 2.24) is 0 Å². The Labute approximate surface area is 145 Å². The molecule has 1 heterocycles. The molecule has 1 aliphatic heterocycles. The molecule has 1 aromatic rings. The Bertz CT molecular complexity index is 640. The molecule has 5 nitrogen and oxygen atoms in total. The zero-order chi connectivity index (χ0) is 17.4. The minimum Gasteiger partial charge on any atom is -0.480 e. The molecule has 23 heavy (non-hydrogen) atoms. The number of halogens is 2. The van der Waals surface area contributed by atoms with Crippen molar-refractivity contribution in [2.24, 2.45) is 0 Å². The molecule has 0 saturated carbocycles. The van der Waals surface area contributed by atoms with Crippen molar-refractivity contribution in [1.29, 1.82) is 0 Å². The van der Waals surface area contributed by atoms with Crippen molar-refractivity contribution in [2.75, 3.05) is 11.4 Å². The van der Waals surface area contributed by atoms with E-state index in [1.807, 2.05) is 0 Å². The molecule has 0 fully saturated rings. The Morgan fingerprint density at radius 3 is 2.57 bits per heavy atom. The lowest BCUT2D eigenvalue weighted by Crippen LogP contribution is -2.49. The summed E-state index contributed by atoms with van der Waals surface area (Å²) in [6.45, 7) is 5.00. The van der Waals surface area contributed by atoms with Crippen molar-refractivity contribution >= 4 is 40.8 Å². The van der Waals surface area contributed by atoms with E-state index in [4.69, 9.17) is 27.9 Å². The molecule has 1 aliphatic rings. The first kappa shape index (κ1) is 17.9. The number of carbonyl (C=O) groups is 2. The predicted octanol–water partition coefficient (Wildman–Crippen LogP) is 3.54.